The van der Waals surface area contributed by atoms with E-state index in [0.717, 1.165) is 36.9 Å². The number of carbonyl (C=O) groups excluding carboxylic acids is 1. The van der Waals surface area contributed by atoms with Crippen LogP contribution in [0.3, 0.4) is 0 Å². The van der Waals surface area contributed by atoms with Crippen molar-refractivity contribution in [2.45, 2.75) is 11.8 Å². The van der Waals surface area contributed by atoms with Crippen molar-refractivity contribution in [3.05, 3.63) is 87.7 Å². The van der Waals surface area contributed by atoms with E-state index in [1.165, 1.54) is 24.3 Å². The van der Waals surface area contributed by atoms with Crippen LogP contribution in [0, 0.1) is 22.9 Å². The van der Waals surface area contributed by atoms with E-state index >= 15 is 0 Å². The molecule has 3 rings (SSSR count). The number of sulfonamides is 1. The van der Waals surface area contributed by atoms with Crippen molar-refractivity contribution in [2.24, 2.45) is 0 Å². The van der Waals surface area contributed by atoms with Gasteiger partial charge in [0.1, 0.15) is 11.6 Å². The molecule has 0 unspecified atom stereocenters. The molecule has 0 amide bonds. The third-order valence-electron chi connectivity index (χ3n) is 4.32. The van der Waals surface area contributed by atoms with Gasteiger partial charge in [0, 0.05) is 12.1 Å². The summed E-state index contributed by atoms with van der Waals surface area (Å²) in [6, 6.07) is 12.4. The van der Waals surface area contributed by atoms with Crippen molar-refractivity contribution in [3.8, 4) is 11.5 Å². The van der Waals surface area contributed by atoms with Gasteiger partial charge in [-0.05, 0) is 43.3 Å². The second kappa shape index (κ2) is 9.02. The number of nitrogens with zero attached hydrogens (tertiary/aromatic N) is 1. The molecule has 9 nitrogen and oxygen atoms in total. The van der Waals surface area contributed by atoms with Crippen molar-refractivity contribution in [2.75, 3.05) is 11.8 Å². The van der Waals surface area contributed by atoms with Crippen LogP contribution in [0.5, 0.6) is 11.5 Å². The fourth-order valence-corrected chi connectivity index (χ4v) is 3.80. The van der Waals surface area contributed by atoms with E-state index in [9.17, 15) is 27.7 Å². The Kier molecular flexibility index (Phi) is 6.40. The van der Waals surface area contributed by atoms with Crippen LogP contribution in [0.25, 0.3) is 0 Å². The van der Waals surface area contributed by atoms with E-state index in [-0.39, 0.29) is 27.6 Å². The average molecular weight is 460 g/mol. The summed E-state index contributed by atoms with van der Waals surface area (Å²) in [5.74, 6) is -2.11. The van der Waals surface area contributed by atoms with E-state index in [0.29, 0.717) is 0 Å². The second-order valence-corrected chi connectivity index (χ2v) is 8.27. The highest BCUT2D eigenvalue weighted by atomic mass is 32.2. The predicted octanol–water partition coefficient (Wildman–Crippen LogP) is 4.42. The molecule has 0 radical (unpaired) electrons. The molecule has 0 saturated carbocycles. The number of nitro benzene ring substituents is 1. The van der Waals surface area contributed by atoms with Gasteiger partial charge in [-0.1, -0.05) is 17.7 Å². The number of ether oxygens (including phenoxy) is 2. The van der Waals surface area contributed by atoms with E-state index in [1.807, 2.05) is 0 Å². The molecule has 0 aliphatic rings. The van der Waals surface area contributed by atoms with E-state index in [2.05, 4.69) is 4.72 Å². The summed E-state index contributed by atoms with van der Waals surface area (Å²) >= 11 is 0. The van der Waals surface area contributed by atoms with E-state index in [4.69, 9.17) is 9.47 Å². The Bertz CT molecular complexity index is 1290. The number of aryl methyl sites for hydroxylation is 1. The number of carbonyl (C=O) groups is 1. The topological polar surface area (TPSA) is 125 Å². The smallest absolute Gasteiger partial charge is 0.340 e. The predicted molar refractivity (Wildman–Crippen MR) is 113 cm³/mol. The van der Waals surface area contributed by atoms with Gasteiger partial charge in [-0.15, -0.1) is 0 Å². The zero-order valence-corrected chi connectivity index (χ0v) is 17.7. The van der Waals surface area contributed by atoms with Crippen LogP contribution in [-0.4, -0.2) is 26.4 Å². The summed E-state index contributed by atoms with van der Waals surface area (Å²) in [5.41, 5.74) is 0.0700. The highest BCUT2D eigenvalue weighted by molar-refractivity contribution is 7.92. The van der Waals surface area contributed by atoms with Crippen molar-refractivity contribution in [3.63, 3.8) is 0 Å². The Morgan fingerprint density at radius 2 is 1.75 bits per heavy atom. The Balaban J connectivity index is 1.99. The summed E-state index contributed by atoms with van der Waals surface area (Å²) in [6.45, 7) is 1.81. The molecule has 32 heavy (non-hydrogen) atoms. The van der Waals surface area contributed by atoms with Crippen LogP contribution in [0.2, 0.25) is 0 Å². The number of nitro groups is 1. The van der Waals surface area contributed by atoms with Gasteiger partial charge in [-0.2, -0.15) is 0 Å². The fraction of sp³-hybridized carbons (Fsp3) is 0.0952. The fourth-order valence-electron chi connectivity index (χ4n) is 2.72. The molecule has 0 atom stereocenters. The maximum absolute atomic E-state index is 13.6. The molecule has 0 aromatic heterocycles. The molecule has 1 N–H and O–H groups in total. The highest BCUT2D eigenvalue weighted by Crippen LogP contribution is 2.34. The lowest BCUT2D eigenvalue weighted by Gasteiger charge is -2.14. The molecule has 0 bridgehead atoms. The third kappa shape index (κ3) is 5.01. The quantitative estimate of drug-likeness (QED) is 0.314. The number of methoxy groups -OCH3 is 1. The molecule has 0 aliphatic heterocycles. The second-order valence-electron chi connectivity index (χ2n) is 6.59. The average Bonchev–Trinajstić information content (AvgIpc) is 2.74. The molecule has 0 spiro atoms. The SMILES string of the molecule is COC(=O)c1cc(Oc2cc(F)ccc2[N+](=O)[O-])ccc1NS(=O)(=O)c1ccc(C)cc1. The molecule has 0 aliphatic carbocycles. The van der Waals surface area contributed by atoms with Crippen LogP contribution in [0.1, 0.15) is 15.9 Å². The van der Waals surface area contributed by atoms with E-state index < -0.39 is 32.4 Å². The Hall–Kier alpha value is -3.99. The minimum Gasteiger partial charge on any atom is -0.465 e. The van der Waals surface area contributed by atoms with Gasteiger partial charge >= 0.3 is 11.7 Å². The Labute approximate surface area is 182 Å². The maximum Gasteiger partial charge on any atom is 0.340 e. The van der Waals surface area contributed by atoms with Gasteiger partial charge < -0.3 is 9.47 Å². The van der Waals surface area contributed by atoms with Gasteiger partial charge in [-0.3, -0.25) is 14.8 Å². The molecule has 166 valence electrons. The standard InChI is InChI=1S/C21H17FN2O7S/c1-13-3-7-16(8-4-13)32(28,29)23-18-9-6-15(12-17(18)21(25)30-2)31-20-11-14(22)5-10-19(20)24(26)27/h3-12,23H,1-2H3. The Morgan fingerprint density at radius 1 is 1.06 bits per heavy atom. The molecule has 11 heteroatoms. The first-order chi connectivity index (χ1) is 15.1. The first kappa shape index (κ1) is 22.7. The van der Waals surface area contributed by atoms with Gasteiger partial charge in [0.05, 0.1) is 28.2 Å². The number of hydrogen-bond acceptors (Lipinski definition) is 7. The van der Waals surface area contributed by atoms with Crippen molar-refractivity contribution >= 4 is 27.4 Å². The minimum atomic E-state index is -4.03. The van der Waals surface area contributed by atoms with Crippen LogP contribution in [0.4, 0.5) is 15.8 Å². The van der Waals surface area contributed by atoms with Gasteiger partial charge in [0.2, 0.25) is 5.75 Å². The molecular formula is C21H17FN2O7S. The number of nitrogens with one attached hydrogen (secondary N) is 1. The molecule has 0 saturated heterocycles. The molecular weight excluding hydrogens is 443 g/mol. The highest BCUT2D eigenvalue weighted by Gasteiger charge is 2.22. The number of hydrogen-bond donors (Lipinski definition) is 1. The number of esters is 1. The zero-order valence-electron chi connectivity index (χ0n) is 16.9. The molecule has 0 heterocycles. The summed E-state index contributed by atoms with van der Waals surface area (Å²) in [7, 11) is -2.92. The zero-order chi connectivity index (χ0) is 23.5. The molecule has 0 fully saturated rings. The minimum absolute atomic E-state index is 0.0189. The largest absolute Gasteiger partial charge is 0.465 e. The lowest BCUT2D eigenvalue weighted by atomic mass is 10.1. The van der Waals surface area contributed by atoms with Gasteiger partial charge in [0.15, 0.2) is 0 Å². The summed E-state index contributed by atoms with van der Waals surface area (Å²) < 4.78 is 51.4. The first-order valence-corrected chi connectivity index (χ1v) is 10.5. The molecule has 3 aromatic rings. The lowest BCUT2D eigenvalue weighted by molar-refractivity contribution is -0.385. The number of benzene rings is 3. The summed E-state index contributed by atoms with van der Waals surface area (Å²) in [6.07, 6.45) is 0. The molecule has 3 aromatic carbocycles. The number of rotatable bonds is 7. The summed E-state index contributed by atoms with van der Waals surface area (Å²) in [4.78, 5) is 22.6. The van der Waals surface area contributed by atoms with Gasteiger partial charge in [-0.25, -0.2) is 17.6 Å². The lowest BCUT2D eigenvalue weighted by Crippen LogP contribution is -2.16. The van der Waals surface area contributed by atoms with Crippen molar-refractivity contribution < 1.29 is 32.0 Å². The van der Waals surface area contributed by atoms with E-state index in [1.54, 1.807) is 19.1 Å². The number of anilines is 1. The van der Waals surface area contributed by atoms with Crippen molar-refractivity contribution in [1.29, 1.82) is 0 Å². The van der Waals surface area contributed by atoms with Crippen LogP contribution in [0.15, 0.2) is 65.6 Å². The van der Waals surface area contributed by atoms with Crippen LogP contribution < -0.4 is 9.46 Å². The first-order valence-electron chi connectivity index (χ1n) is 9.04. The third-order valence-corrected chi connectivity index (χ3v) is 5.70. The summed E-state index contributed by atoms with van der Waals surface area (Å²) in [5, 5.41) is 11.2. The van der Waals surface area contributed by atoms with Gasteiger partial charge in [0.25, 0.3) is 10.0 Å². The Morgan fingerprint density at radius 3 is 2.38 bits per heavy atom. The van der Waals surface area contributed by atoms with Crippen LogP contribution >= 0.6 is 0 Å². The van der Waals surface area contributed by atoms with Crippen LogP contribution in [-0.2, 0) is 14.8 Å². The monoisotopic (exact) mass is 460 g/mol. The number of halogens is 1. The van der Waals surface area contributed by atoms with Crippen molar-refractivity contribution in [1.82, 2.24) is 0 Å². The normalized spacial score (nSPS) is 11.0. The maximum atomic E-state index is 13.6.